The summed E-state index contributed by atoms with van der Waals surface area (Å²) in [6, 6.07) is 8.78. The van der Waals surface area contributed by atoms with Crippen LogP contribution in [0.5, 0.6) is 0 Å². The number of esters is 1. The molecule has 1 fully saturated rings. The summed E-state index contributed by atoms with van der Waals surface area (Å²) in [7, 11) is 1.47. The molecule has 29 heavy (non-hydrogen) atoms. The molecule has 1 N–H and O–H groups in total. The highest BCUT2D eigenvalue weighted by Crippen LogP contribution is 2.19. The molecule has 2 heterocycles. The van der Waals surface area contributed by atoms with Gasteiger partial charge in [0.1, 0.15) is 0 Å². The Bertz CT molecular complexity index is 675. The quantitative estimate of drug-likeness (QED) is 0.208. The highest BCUT2D eigenvalue weighted by Gasteiger charge is 2.26. The molecule has 0 saturated carbocycles. The molecule has 0 spiro atoms. The van der Waals surface area contributed by atoms with Crippen LogP contribution in [-0.4, -0.2) is 68.1 Å². The molecule has 1 saturated heterocycles. The molecule has 0 amide bonds. The van der Waals surface area contributed by atoms with Gasteiger partial charge in [-0.15, -0.1) is 24.0 Å². The molecule has 1 aromatic rings. The van der Waals surface area contributed by atoms with Crippen molar-refractivity contribution in [2.24, 2.45) is 10.9 Å². The fourth-order valence-corrected chi connectivity index (χ4v) is 4.14. The van der Waals surface area contributed by atoms with Crippen molar-refractivity contribution in [2.45, 2.75) is 39.2 Å². The lowest BCUT2D eigenvalue weighted by atomic mass is 9.97. The Labute approximate surface area is 192 Å². The van der Waals surface area contributed by atoms with Crippen LogP contribution in [0, 0.1) is 5.92 Å². The smallest absolute Gasteiger partial charge is 0.308 e. The molecule has 0 aliphatic carbocycles. The lowest BCUT2D eigenvalue weighted by Crippen LogP contribution is -2.46. The van der Waals surface area contributed by atoms with E-state index in [4.69, 9.17) is 9.73 Å². The number of benzene rings is 1. The molecule has 0 atom stereocenters. The number of guanidine groups is 1. The number of hydrogen-bond acceptors (Lipinski definition) is 4. The zero-order valence-corrected chi connectivity index (χ0v) is 20.1. The van der Waals surface area contributed by atoms with Crippen LogP contribution in [-0.2, 0) is 22.5 Å². The first-order valence-corrected chi connectivity index (χ1v) is 10.6. The molecule has 1 aromatic carbocycles. The molecule has 0 aromatic heterocycles. The van der Waals surface area contributed by atoms with E-state index < -0.39 is 0 Å². The minimum Gasteiger partial charge on any atom is -0.469 e. The molecule has 3 rings (SSSR count). The molecule has 2 aliphatic heterocycles. The number of carbonyl (C=O) groups is 1. The van der Waals surface area contributed by atoms with E-state index in [0.29, 0.717) is 0 Å². The third-order valence-electron chi connectivity index (χ3n) is 5.77. The van der Waals surface area contributed by atoms with Gasteiger partial charge in [-0.25, -0.2) is 0 Å². The van der Waals surface area contributed by atoms with E-state index in [2.05, 4.69) is 46.3 Å². The Hall–Kier alpha value is -1.35. The van der Waals surface area contributed by atoms with Crippen LogP contribution < -0.4 is 5.32 Å². The predicted molar refractivity (Wildman–Crippen MR) is 128 cm³/mol. The second-order valence-corrected chi connectivity index (χ2v) is 7.67. The fourth-order valence-electron chi connectivity index (χ4n) is 4.14. The number of nitrogens with zero attached hydrogens (tertiary/aromatic N) is 3. The molecule has 7 heteroatoms. The standard InChI is InChI=1S/C22H34N4O2.HI/c1-3-23-22(26-15-10-19(11-16-26)21(27)28-2)24-12-6-13-25-14-9-18-7-4-5-8-20(18)17-25;/h4-5,7-8,19H,3,6,9-17H2,1-2H3,(H,23,24);1H. The summed E-state index contributed by atoms with van der Waals surface area (Å²) >= 11 is 0. The van der Waals surface area contributed by atoms with Gasteiger partial charge in [-0.2, -0.15) is 0 Å². The lowest BCUT2D eigenvalue weighted by molar-refractivity contribution is -0.146. The number of aliphatic imine (C=N–C) groups is 1. The third-order valence-corrected chi connectivity index (χ3v) is 5.77. The van der Waals surface area contributed by atoms with Gasteiger partial charge in [0.15, 0.2) is 5.96 Å². The van der Waals surface area contributed by atoms with Crippen LogP contribution in [0.4, 0.5) is 0 Å². The first kappa shape index (κ1) is 23.9. The summed E-state index contributed by atoms with van der Waals surface area (Å²) in [5.41, 5.74) is 2.97. The Morgan fingerprint density at radius 3 is 2.62 bits per heavy atom. The van der Waals surface area contributed by atoms with Crippen molar-refractivity contribution in [1.82, 2.24) is 15.1 Å². The number of ether oxygens (including phenoxy) is 1. The summed E-state index contributed by atoms with van der Waals surface area (Å²) in [5, 5.41) is 3.41. The average molecular weight is 514 g/mol. The third kappa shape index (κ3) is 6.84. The highest BCUT2D eigenvalue weighted by atomic mass is 127. The summed E-state index contributed by atoms with van der Waals surface area (Å²) in [5.74, 6) is 0.936. The van der Waals surface area contributed by atoms with Gasteiger partial charge in [-0.3, -0.25) is 14.7 Å². The Morgan fingerprint density at radius 1 is 1.21 bits per heavy atom. The Balaban J connectivity index is 0.00000300. The zero-order chi connectivity index (χ0) is 19.8. The molecular weight excluding hydrogens is 479 g/mol. The minimum atomic E-state index is -0.0790. The van der Waals surface area contributed by atoms with Crippen molar-refractivity contribution >= 4 is 35.9 Å². The van der Waals surface area contributed by atoms with Crippen LogP contribution in [0.2, 0.25) is 0 Å². The Morgan fingerprint density at radius 2 is 1.93 bits per heavy atom. The van der Waals surface area contributed by atoms with Gasteiger partial charge >= 0.3 is 5.97 Å². The first-order valence-electron chi connectivity index (χ1n) is 10.6. The van der Waals surface area contributed by atoms with Gasteiger partial charge in [-0.05, 0) is 43.7 Å². The van der Waals surface area contributed by atoms with Gasteiger partial charge in [0, 0.05) is 45.8 Å². The SMILES string of the molecule is CCNC(=NCCCN1CCc2ccccc2C1)N1CCC(C(=O)OC)CC1.I. The van der Waals surface area contributed by atoms with Crippen molar-refractivity contribution in [3.63, 3.8) is 0 Å². The van der Waals surface area contributed by atoms with E-state index in [-0.39, 0.29) is 35.9 Å². The minimum absolute atomic E-state index is 0. The van der Waals surface area contributed by atoms with Gasteiger partial charge in [0.05, 0.1) is 13.0 Å². The Kier molecular flexibility index (Phi) is 10.2. The number of nitrogens with one attached hydrogen (secondary N) is 1. The number of piperidine rings is 1. The number of fused-ring (bicyclic) bond motifs is 1. The summed E-state index contributed by atoms with van der Waals surface area (Å²) in [4.78, 5) is 21.4. The summed E-state index contributed by atoms with van der Waals surface area (Å²) in [6.07, 6.45) is 3.89. The molecule has 162 valence electrons. The van der Waals surface area contributed by atoms with Crippen LogP contribution in [0.25, 0.3) is 0 Å². The number of halogens is 1. The summed E-state index contributed by atoms with van der Waals surface area (Å²) < 4.78 is 4.88. The predicted octanol–water partition coefficient (Wildman–Crippen LogP) is 2.90. The van der Waals surface area contributed by atoms with Gasteiger partial charge in [-0.1, -0.05) is 24.3 Å². The zero-order valence-electron chi connectivity index (χ0n) is 17.7. The largest absolute Gasteiger partial charge is 0.469 e. The topological polar surface area (TPSA) is 57.2 Å². The van der Waals surface area contributed by atoms with E-state index in [0.717, 1.165) is 77.5 Å². The number of carbonyl (C=O) groups excluding carboxylic acids is 1. The van der Waals surface area contributed by atoms with Gasteiger partial charge in [0.2, 0.25) is 0 Å². The molecule has 2 aliphatic rings. The fraction of sp³-hybridized carbons (Fsp3) is 0.636. The normalized spacial score (nSPS) is 18.0. The van der Waals surface area contributed by atoms with Crippen molar-refractivity contribution in [3.05, 3.63) is 35.4 Å². The van der Waals surface area contributed by atoms with Crippen molar-refractivity contribution in [3.8, 4) is 0 Å². The second-order valence-electron chi connectivity index (χ2n) is 7.67. The maximum Gasteiger partial charge on any atom is 0.308 e. The molecule has 6 nitrogen and oxygen atoms in total. The molecule has 0 unspecified atom stereocenters. The van der Waals surface area contributed by atoms with Gasteiger partial charge in [0.25, 0.3) is 0 Å². The average Bonchev–Trinajstić information content (AvgIpc) is 2.75. The van der Waals surface area contributed by atoms with Crippen LogP contribution in [0.1, 0.15) is 37.3 Å². The second kappa shape index (κ2) is 12.4. The molecule has 0 radical (unpaired) electrons. The van der Waals surface area contributed by atoms with Crippen LogP contribution >= 0.6 is 24.0 Å². The summed E-state index contributed by atoms with van der Waals surface area (Å²) in [6.45, 7) is 8.78. The van der Waals surface area contributed by atoms with E-state index >= 15 is 0 Å². The number of rotatable bonds is 6. The van der Waals surface area contributed by atoms with Crippen molar-refractivity contribution in [1.29, 1.82) is 0 Å². The monoisotopic (exact) mass is 514 g/mol. The van der Waals surface area contributed by atoms with E-state index in [9.17, 15) is 4.79 Å². The van der Waals surface area contributed by atoms with Crippen molar-refractivity contribution in [2.75, 3.05) is 46.4 Å². The number of hydrogen-bond donors (Lipinski definition) is 1. The first-order chi connectivity index (χ1) is 13.7. The van der Waals surface area contributed by atoms with Crippen LogP contribution in [0.15, 0.2) is 29.3 Å². The molecular formula is C22H35IN4O2. The van der Waals surface area contributed by atoms with E-state index in [1.165, 1.54) is 18.2 Å². The van der Waals surface area contributed by atoms with E-state index in [1.54, 1.807) is 0 Å². The van der Waals surface area contributed by atoms with Gasteiger partial charge < -0.3 is 15.0 Å². The number of likely N-dealkylation sites (tertiary alicyclic amines) is 1. The van der Waals surface area contributed by atoms with Crippen molar-refractivity contribution < 1.29 is 9.53 Å². The van der Waals surface area contributed by atoms with E-state index in [1.807, 2.05) is 0 Å². The maximum atomic E-state index is 11.7. The maximum absolute atomic E-state index is 11.7. The number of methoxy groups -OCH3 is 1. The lowest BCUT2D eigenvalue weighted by Gasteiger charge is -2.33. The highest BCUT2D eigenvalue weighted by molar-refractivity contribution is 14.0. The van der Waals surface area contributed by atoms with Crippen LogP contribution in [0.3, 0.4) is 0 Å². The molecule has 0 bridgehead atoms.